The fourth-order valence-corrected chi connectivity index (χ4v) is 4.19. The summed E-state index contributed by atoms with van der Waals surface area (Å²) in [4.78, 5) is 28.3. The number of rotatable bonds is 5. The number of anilines is 1. The third-order valence-electron chi connectivity index (χ3n) is 5.49. The fourth-order valence-electron chi connectivity index (χ4n) is 3.94. The number of likely N-dealkylation sites (tertiary alicyclic amines) is 1. The van der Waals surface area contributed by atoms with Gasteiger partial charge in [0.1, 0.15) is 5.69 Å². The van der Waals surface area contributed by atoms with Gasteiger partial charge in [-0.3, -0.25) is 14.5 Å². The number of aromatic nitrogens is 5. The molecular weight excluding hydrogens is 414 g/mol. The van der Waals surface area contributed by atoms with Crippen molar-refractivity contribution in [2.45, 2.75) is 38.6 Å². The lowest BCUT2D eigenvalue weighted by Crippen LogP contribution is -2.39. The van der Waals surface area contributed by atoms with E-state index in [1.54, 1.807) is 19.4 Å². The van der Waals surface area contributed by atoms with Gasteiger partial charge in [-0.1, -0.05) is 11.6 Å². The van der Waals surface area contributed by atoms with Crippen LogP contribution in [0, 0.1) is 0 Å². The second-order valence-electron chi connectivity index (χ2n) is 8.06. The van der Waals surface area contributed by atoms with E-state index in [-0.39, 0.29) is 17.9 Å². The summed E-state index contributed by atoms with van der Waals surface area (Å²) in [7, 11) is 1.73. The molecule has 1 amide bonds. The molecule has 1 saturated heterocycles. The zero-order valence-corrected chi connectivity index (χ0v) is 18.7. The Labute approximate surface area is 186 Å². The Bertz CT molecular complexity index is 1040. The number of amides is 1. The number of pyridine rings is 1. The maximum atomic E-state index is 12.9. The van der Waals surface area contributed by atoms with Gasteiger partial charge in [0.2, 0.25) is 5.95 Å². The van der Waals surface area contributed by atoms with Gasteiger partial charge in [-0.05, 0) is 44.4 Å². The number of hydrogen-bond acceptors (Lipinski definition) is 6. The molecule has 1 N–H and O–H groups in total. The van der Waals surface area contributed by atoms with E-state index in [1.807, 2.05) is 23.2 Å². The van der Waals surface area contributed by atoms with Crippen LogP contribution >= 0.6 is 11.6 Å². The van der Waals surface area contributed by atoms with Crippen LogP contribution in [-0.4, -0.2) is 54.7 Å². The molecule has 0 bridgehead atoms. The quantitative estimate of drug-likeness (QED) is 0.651. The Morgan fingerprint density at radius 3 is 2.52 bits per heavy atom. The number of nitrogens with zero attached hydrogens (tertiary/aromatic N) is 6. The molecule has 1 aliphatic heterocycles. The zero-order chi connectivity index (χ0) is 22.0. The molecule has 3 aromatic heterocycles. The first kappa shape index (κ1) is 21.2. The molecule has 0 aliphatic carbocycles. The van der Waals surface area contributed by atoms with Gasteiger partial charge < -0.3 is 10.2 Å². The molecule has 0 unspecified atom stereocenters. The number of nitrogens with one attached hydrogen (secondary N) is 1. The predicted molar refractivity (Wildman–Crippen MR) is 120 cm³/mol. The van der Waals surface area contributed by atoms with Crippen molar-refractivity contribution in [2.24, 2.45) is 7.05 Å². The predicted octanol–water partition coefficient (Wildman–Crippen LogP) is 3.77. The van der Waals surface area contributed by atoms with Gasteiger partial charge in [-0.25, -0.2) is 9.97 Å². The molecule has 1 fully saturated rings. The third-order valence-corrected chi connectivity index (χ3v) is 5.77. The summed E-state index contributed by atoms with van der Waals surface area (Å²) in [5.74, 6) is 0.774. The van der Waals surface area contributed by atoms with Gasteiger partial charge in [-0.15, -0.1) is 0 Å². The monoisotopic (exact) mass is 439 g/mol. The Morgan fingerprint density at radius 2 is 1.90 bits per heavy atom. The van der Waals surface area contributed by atoms with Gasteiger partial charge in [0, 0.05) is 56.3 Å². The van der Waals surface area contributed by atoms with Crippen molar-refractivity contribution in [3.8, 4) is 11.1 Å². The smallest absolute Gasteiger partial charge is 0.273 e. The Hall–Kier alpha value is -3.00. The molecule has 8 nitrogen and oxygen atoms in total. The molecule has 3 aromatic rings. The third kappa shape index (κ3) is 4.54. The first-order chi connectivity index (χ1) is 14.9. The van der Waals surface area contributed by atoms with E-state index in [1.165, 1.54) is 10.9 Å². The molecule has 0 atom stereocenters. The molecule has 1 aliphatic rings. The number of halogens is 1. The first-order valence-electron chi connectivity index (χ1n) is 10.4. The maximum absolute atomic E-state index is 12.9. The average molecular weight is 440 g/mol. The van der Waals surface area contributed by atoms with Gasteiger partial charge in [0.05, 0.1) is 16.9 Å². The molecule has 4 rings (SSSR count). The highest BCUT2D eigenvalue weighted by Gasteiger charge is 2.29. The lowest BCUT2D eigenvalue weighted by Gasteiger charge is -2.32. The average Bonchev–Trinajstić information content (AvgIpc) is 3.11. The van der Waals surface area contributed by atoms with Crippen LogP contribution in [0.15, 0.2) is 36.9 Å². The lowest BCUT2D eigenvalue weighted by molar-refractivity contribution is 0.0701. The number of aryl methyl sites for hydroxylation is 1. The summed E-state index contributed by atoms with van der Waals surface area (Å²) in [6.45, 7) is 5.40. The standard InChI is InChI=1S/C22H26ClN7O/c1-14(2)27-22-25-12-17(15-4-8-24-9-5-15)19(28-22)16-6-10-30(11-7-16)21(31)20-18(23)13-26-29(20)3/h4-5,8-9,12-14,16H,6-7,10-11H2,1-3H3,(H,25,27,28). The minimum atomic E-state index is -0.0809. The van der Waals surface area contributed by atoms with E-state index in [0.717, 1.165) is 29.7 Å². The molecule has 9 heteroatoms. The molecule has 4 heterocycles. The highest BCUT2D eigenvalue weighted by atomic mass is 35.5. The molecule has 0 spiro atoms. The summed E-state index contributed by atoms with van der Waals surface area (Å²) in [5.41, 5.74) is 3.50. The molecule has 0 radical (unpaired) electrons. The Kier molecular flexibility index (Phi) is 6.18. The van der Waals surface area contributed by atoms with Gasteiger partial charge in [-0.2, -0.15) is 5.10 Å². The van der Waals surface area contributed by atoms with Crippen molar-refractivity contribution in [2.75, 3.05) is 18.4 Å². The van der Waals surface area contributed by atoms with E-state index in [2.05, 4.69) is 34.2 Å². The van der Waals surface area contributed by atoms with Gasteiger partial charge >= 0.3 is 0 Å². The minimum Gasteiger partial charge on any atom is -0.352 e. The molecule has 0 aromatic carbocycles. The summed E-state index contributed by atoms with van der Waals surface area (Å²) >= 11 is 6.17. The lowest BCUT2D eigenvalue weighted by atomic mass is 9.89. The van der Waals surface area contributed by atoms with E-state index < -0.39 is 0 Å². The van der Waals surface area contributed by atoms with E-state index >= 15 is 0 Å². The molecule has 0 saturated carbocycles. The van der Waals surface area contributed by atoms with Crippen molar-refractivity contribution < 1.29 is 4.79 Å². The minimum absolute atomic E-state index is 0.0809. The Morgan fingerprint density at radius 1 is 1.19 bits per heavy atom. The number of carbonyl (C=O) groups is 1. The van der Waals surface area contributed by atoms with Crippen LogP contribution in [0.4, 0.5) is 5.95 Å². The van der Waals surface area contributed by atoms with Crippen LogP contribution in [0.3, 0.4) is 0 Å². The van der Waals surface area contributed by atoms with Crippen molar-refractivity contribution in [1.29, 1.82) is 0 Å². The second kappa shape index (κ2) is 9.01. The molecular formula is C22H26ClN7O. The van der Waals surface area contributed by atoms with E-state index in [4.69, 9.17) is 16.6 Å². The SMILES string of the molecule is CC(C)Nc1ncc(-c2ccncc2)c(C2CCN(C(=O)c3c(Cl)cnn3C)CC2)n1. The first-order valence-corrected chi connectivity index (χ1v) is 10.8. The number of carbonyl (C=O) groups excluding carboxylic acids is 1. The highest BCUT2D eigenvalue weighted by molar-refractivity contribution is 6.33. The van der Waals surface area contributed by atoms with Crippen molar-refractivity contribution in [1.82, 2.24) is 29.6 Å². The highest BCUT2D eigenvalue weighted by Crippen LogP contribution is 2.35. The zero-order valence-electron chi connectivity index (χ0n) is 17.9. The van der Waals surface area contributed by atoms with Crippen LogP contribution in [-0.2, 0) is 7.05 Å². The largest absolute Gasteiger partial charge is 0.352 e. The van der Waals surface area contributed by atoms with Crippen LogP contribution in [0.5, 0.6) is 0 Å². The number of piperidine rings is 1. The van der Waals surface area contributed by atoms with E-state index in [9.17, 15) is 4.79 Å². The normalized spacial score (nSPS) is 14.8. The number of hydrogen-bond donors (Lipinski definition) is 1. The van der Waals surface area contributed by atoms with Gasteiger partial charge in [0.25, 0.3) is 5.91 Å². The topological polar surface area (TPSA) is 88.8 Å². The fraction of sp³-hybridized carbons (Fsp3) is 0.409. The van der Waals surface area contributed by atoms with Crippen LogP contribution in [0.2, 0.25) is 5.02 Å². The Balaban J connectivity index is 1.57. The van der Waals surface area contributed by atoms with Crippen molar-refractivity contribution in [3.05, 3.63) is 53.3 Å². The summed E-state index contributed by atoms with van der Waals surface area (Å²) in [6.07, 6.45) is 8.58. The maximum Gasteiger partial charge on any atom is 0.273 e. The molecule has 162 valence electrons. The molecule has 31 heavy (non-hydrogen) atoms. The van der Waals surface area contributed by atoms with Crippen molar-refractivity contribution >= 4 is 23.5 Å². The van der Waals surface area contributed by atoms with Crippen LogP contribution < -0.4 is 5.32 Å². The van der Waals surface area contributed by atoms with Gasteiger partial charge in [0.15, 0.2) is 0 Å². The second-order valence-corrected chi connectivity index (χ2v) is 8.47. The summed E-state index contributed by atoms with van der Waals surface area (Å²) in [6, 6.07) is 4.18. The summed E-state index contributed by atoms with van der Waals surface area (Å²) < 4.78 is 1.53. The van der Waals surface area contributed by atoms with E-state index in [0.29, 0.717) is 29.8 Å². The van der Waals surface area contributed by atoms with Crippen molar-refractivity contribution in [3.63, 3.8) is 0 Å². The van der Waals surface area contributed by atoms with Crippen LogP contribution in [0.1, 0.15) is 48.8 Å². The van der Waals surface area contributed by atoms with Crippen LogP contribution in [0.25, 0.3) is 11.1 Å². The summed E-state index contributed by atoms with van der Waals surface area (Å²) in [5, 5.41) is 7.76.